The Labute approximate surface area is 185 Å². The zero-order chi connectivity index (χ0) is 22.6. The fraction of sp³-hybridized carbons (Fsp3) is 0.458. The normalized spacial score (nSPS) is 15.8. The maximum Gasteiger partial charge on any atom is 0.232 e. The predicted molar refractivity (Wildman–Crippen MR) is 124 cm³/mol. The number of nitrogens with one attached hydrogen (secondary N) is 1. The number of aryl methyl sites for hydroxylation is 3. The second kappa shape index (κ2) is 9.73. The topological polar surface area (TPSA) is 75.7 Å². The minimum Gasteiger partial charge on any atom is -0.497 e. The average molecular weight is 445 g/mol. The minimum atomic E-state index is -3.43. The molecule has 0 aliphatic heterocycles. The van der Waals surface area contributed by atoms with Crippen molar-refractivity contribution in [1.29, 1.82) is 0 Å². The van der Waals surface area contributed by atoms with Crippen LogP contribution in [-0.2, 0) is 21.2 Å². The fourth-order valence-electron chi connectivity index (χ4n) is 4.30. The molecule has 1 atom stereocenters. The molecule has 0 bridgehead atoms. The molecule has 168 valence electrons. The first-order valence-electron chi connectivity index (χ1n) is 10.7. The third-order valence-electron chi connectivity index (χ3n) is 5.66. The van der Waals surface area contributed by atoms with E-state index in [0.29, 0.717) is 12.1 Å². The second-order valence-electron chi connectivity index (χ2n) is 8.36. The highest BCUT2D eigenvalue weighted by molar-refractivity contribution is 7.92. The zero-order valence-electron chi connectivity index (χ0n) is 18.8. The molecule has 7 heteroatoms. The van der Waals surface area contributed by atoms with Gasteiger partial charge in [0.2, 0.25) is 15.9 Å². The van der Waals surface area contributed by atoms with E-state index in [1.807, 2.05) is 50.2 Å². The van der Waals surface area contributed by atoms with Crippen LogP contribution in [0, 0.1) is 13.8 Å². The van der Waals surface area contributed by atoms with E-state index < -0.39 is 10.0 Å². The summed E-state index contributed by atoms with van der Waals surface area (Å²) in [7, 11) is -1.78. The monoisotopic (exact) mass is 444 g/mol. The van der Waals surface area contributed by atoms with E-state index in [-0.39, 0.29) is 24.9 Å². The predicted octanol–water partition coefficient (Wildman–Crippen LogP) is 4.05. The summed E-state index contributed by atoms with van der Waals surface area (Å²) in [6.07, 6.45) is 4.84. The molecule has 0 spiro atoms. The molecule has 1 N–H and O–H groups in total. The van der Waals surface area contributed by atoms with E-state index in [1.165, 1.54) is 16.1 Å². The summed E-state index contributed by atoms with van der Waals surface area (Å²) < 4.78 is 31.4. The molecule has 0 heterocycles. The van der Waals surface area contributed by atoms with Crippen molar-refractivity contribution < 1.29 is 17.9 Å². The molecule has 2 aromatic carbocycles. The summed E-state index contributed by atoms with van der Waals surface area (Å²) in [5.74, 6) is 0.778. The lowest BCUT2D eigenvalue weighted by Gasteiger charge is -2.27. The highest BCUT2D eigenvalue weighted by Gasteiger charge is 2.23. The van der Waals surface area contributed by atoms with Crippen molar-refractivity contribution in [1.82, 2.24) is 5.32 Å². The van der Waals surface area contributed by atoms with Crippen molar-refractivity contribution in [3.8, 4) is 5.75 Å². The number of sulfonamides is 1. The highest BCUT2D eigenvalue weighted by Crippen LogP contribution is 2.32. The quantitative estimate of drug-likeness (QED) is 0.666. The van der Waals surface area contributed by atoms with E-state index >= 15 is 0 Å². The SMILES string of the molecule is COc1ccc2c(c1)CCC[C@H]2NC(=O)CCCN(c1cc(C)cc(C)c1)S(C)(=O)=O. The number of rotatable bonds is 8. The van der Waals surface area contributed by atoms with Crippen molar-refractivity contribution in [2.75, 3.05) is 24.2 Å². The number of carbonyl (C=O) groups is 1. The van der Waals surface area contributed by atoms with Crippen molar-refractivity contribution in [3.05, 3.63) is 58.7 Å². The lowest BCUT2D eigenvalue weighted by Crippen LogP contribution is -2.33. The number of benzene rings is 2. The van der Waals surface area contributed by atoms with E-state index in [9.17, 15) is 13.2 Å². The summed E-state index contributed by atoms with van der Waals surface area (Å²) in [4.78, 5) is 12.6. The molecule has 31 heavy (non-hydrogen) atoms. The highest BCUT2D eigenvalue weighted by atomic mass is 32.2. The van der Waals surface area contributed by atoms with Gasteiger partial charge in [-0.1, -0.05) is 12.1 Å². The number of fused-ring (bicyclic) bond motifs is 1. The molecule has 0 radical (unpaired) electrons. The van der Waals surface area contributed by atoms with Crippen LogP contribution in [0.25, 0.3) is 0 Å². The Kier molecular flexibility index (Phi) is 7.26. The molecule has 0 saturated carbocycles. The molecule has 1 amide bonds. The molecule has 0 fully saturated rings. The van der Waals surface area contributed by atoms with E-state index in [4.69, 9.17) is 4.74 Å². The van der Waals surface area contributed by atoms with Gasteiger partial charge in [-0.15, -0.1) is 0 Å². The Morgan fingerprint density at radius 1 is 1.16 bits per heavy atom. The molecular weight excluding hydrogens is 412 g/mol. The smallest absolute Gasteiger partial charge is 0.232 e. The molecule has 1 aliphatic carbocycles. The molecule has 1 aliphatic rings. The van der Waals surface area contributed by atoms with Crippen LogP contribution in [-0.4, -0.2) is 34.2 Å². The van der Waals surface area contributed by atoms with Crippen LogP contribution in [0.15, 0.2) is 36.4 Å². The van der Waals surface area contributed by atoms with Crippen LogP contribution in [0.5, 0.6) is 5.75 Å². The number of ether oxygens (including phenoxy) is 1. The van der Waals surface area contributed by atoms with Gasteiger partial charge < -0.3 is 10.1 Å². The molecule has 0 unspecified atom stereocenters. The number of methoxy groups -OCH3 is 1. The van der Waals surface area contributed by atoms with Gasteiger partial charge >= 0.3 is 0 Å². The third-order valence-corrected chi connectivity index (χ3v) is 6.85. The first kappa shape index (κ1) is 23.1. The van der Waals surface area contributed by atoms with Crippen LogP contribution in [0.3, 0.4) is 0 Å². The largest absolute Gasteiger partial charge is 0.497 e. The van der Waals surface area contributed by atoms with Gasteiger partial charge in [-0.25, -0.2) is 8.42 Å². The van der Waals surface area contributed by atoms with E-state index in [1.54, 1.807) is 7.11 Å². The molecule has 3 rings (SSSR count). The summed E-state index contributed by atoms with van der Waals surface area (Å²) >= 11 is 0. The number of hydrogen-bond acceptors (Lipinski definition) is 4. The molecule has 6 nitrogen and oxygen atoms in total. The third kappa shape index (κ3) is 6.00. The number of nitrogens with zero attached hydrogens (tertiary/aromatic N) is 1. The number of amides is 1. The minimum absolute atomic E-state index is 0.00686. The Morgan fingerprint density at radius 3 is 2.52 bits per heavy atom. The number of carbonyl (C=O) groups excluding carboxylic acids is 1. The second-order valence-corrected chi connectivity index (χ2v) is 10.3. The molecule has 0 saturated heterocycles. The van der Waals surface area contributed by atoms with Crippen LogP contribution < -0.4 is 14.4 Å². The number of anilines is 1. The Hall–Kier alpha value is -2.54. The first-order valence-corrected chi connectivity index (χ1v) is 12.5. The lowest BCUT2D eigenvalue weighted by molar-refractivity contribution is -0.122. The van der Waals surface area contributed by atoms with E-state index in [2.05, 4.69) is 5.32 Å². The Bertz CT molecular complexity index is 1030. The standard InChI is InChI=1S/C24H32N2O4S/c1-17-13-18(2)15-20(14-17)26(31(4,28)29)12-6-9-24(27)25-23-8-5-7-19-16-21(30-3)10-11-22(19)23/h10-11,13-16,23H,5-9,12H2,1-4H3,(H,25,27)/t23-/m1/s1. The maximum absolute atomic E-state index is 12.6. The van der Waals surface area contributed by atoms with Gasteiger partial charge in [-0.2, -0.15) is 0 Å². The van der Waals surface area contributed by atoms with Crippen molar-refractivity contribution in [3.63, 3.8) is 0 Å². The van der Waals surface area contributed by atoms with Crippen molar-refractivity contribution in [2.45, 2.75) is 52.0 Å². The summed E-state index contributed by atoms with van der Waals surface area (Å²) in [6, 6.07) is 11.7. The lowest BCUT2D eigenvalue weighted by atomic mass is 9.87. The van der Waals surface area contributed by atoms with Crippen LogP contribution >= 0.6 is 0 Å². The first-order chi connectivity index (χ1) is 14.7. The van der Waals surface area contributed by atoms with Gasteiger partial charge in [-0.05, 0) is 86.1 Å². The van der Waals surface area contributed by atoms with Gasteiger partial charge in [0.1, 0.15) is 5.75 Å². The van der Waals surface area contributed by atoms with Crippen LogP contribution in [0.1, 0.15) is 54.0 Å². The van der Waals surface area contributed by atoms with Crippen molar-refractivity contribution in [2.24, 2.45) is 0 Å². The molecule has 2 aromatic rings. The zero-order valence-corrected chi connectivity index (χ0v) is 19.6. The Morgan fingerprint density at radius 2 is 1.87 bits per heavy atom. The Balaban J connectivity index is 1.62. The van der Waals surface area contributed by atoms with Crippen LogP contribution in [0.2, 0.25) is 0 Å². The number of hydrogen-bond donors (Lipinski definition) is 1. The van der Waals surface area contributed by atoms with Crippen LogP contribution in [0.4, 0.5) is 5.69 Å². The average Bonchev–Trinajstić information content (AvgIpc) is 2.69. The molecule has 0 aromatic heterocycles. The fourth-order valence-corrected chi connectivity index (χ4v) is 5.25. The summed E-state index contributed by atoms with van der Waals surface area (Å²) in [5.41, 5.74) is 5.03. The van der Waals surface area contributed by atoms with Crippen molar-refractivity contribution >= 4 is 21.6 Å². The maximum atomic E-state index is 12.6. The molecular formula is C24H32N2O4S. The van der Waals surface area contributed by atoms with Gasteiger partial charge in [0.25, 0.3) is 0 Å². The van der Waals surface area contributed by atoms with Gasteiger partial charge in [-0.3, -0.25) is 9.10 Å². The van der Waals surface area contributed by atoms with E-state index in [0.717, 1.165) is 41.7 Å². The van der Waals surface area contributed by atoms with Gasteiger partial charge in [0, 0.05) is 13.0 Å². The summed E-state index contributed by atoms with van der Waals surface area (Å²) in [5, 5.41) is 3.14. The van der Waals surface area contributed by atoms with Gasteiger partial charge in [0.15, 0.2) is 0 Å². The van der Waals surface area contributed by atoms with Gasteiger partial charge in [0.05, 0.1) is 25.1 Å². The summed E-state index contributed by atoms with van der Waals surface area (Å²) in [6.45, 7) is 4.16.